The first kappa shape index (κ1) is 11.4. The molecule has 0 amide bonds. The number of aryl methyl sites for hydroxylation is 1. The zero-order chi connectivity index (χ0) is 11.4. The van der Waals surface area contributed by atoms with E-state index in [4.69, 9.17) is 4.74 Å². The van der Waals surface area contributed by atoms with Crippen LogP contribution in [0.5, 0.6) is 5.75 Å². The van der Waals surface area contributed by atoms with Gasteiger partial charge in [0.15, 0.2) is 0 Å². The third-order valence-corrected chi connectivity index (χ3v) is 3.32. The van der Waals surface area contributed by atoms with E-state index in [-0.39, 0.29) is 0 Å². The van der Waals surface area contributed by atoms with Gasteiger partial charge in [0.1, 0.15) is 11.9 Å². The van der Waals surface area contributed by atoms with Crippen molar-refractivity contribution in [2.24, 2.45) is 0 Å². The first-order valence-electron chi connectivity index (χ1n) is 6.06. The lowest BCUT2D eigenvalue weighted by Gasteiger charge is -2.32. The van der Waals surface area contributed by atoms with Crippen molar-refractivity contribution in [2.75, 3.05) is 7.05 Å². The summed E-state index contributed by atoms with van der Waals surface area (Å²) in [6, 6.07) is 2.44. The number of likely N-dealkylation sites (N-methyl/N-ethyl adjacent to an activating group) is 1. The van der Waals surface area contributed by atoms with Crippen LogP contribution in [0.25, 0.3) is 0 Å². The standard InChI is InChI=1S/C13H20N2O/c1-10-9-15-8-7-12(10)16-13-6-4-3-5-11(13)14-2/h7-9,11,13-14H,3-6H2,1-2H3. The molecule has 1 aliphatic rings. The Labute approximate surface area is 97.2 Å². The van der Waals surface area contributed by atoms with Gasteiger partial charge in [0.25, 0.3) is 0 Å². The molecule has 1 aliphatic carbocycles. The molecule has 3 heteroatoms. The number of nitrogens with zero attached hydrogens (tertiary/aromatic N) is 1. The van der Waals surface area contributed by atoms with Crippen molar-refractivity contribution >= 4 is 0 Å². The molecule has 1 N–H and O–H groups in total. The maximum atomic E-state index is 6.09. The van der Waals surface area contributed by atoms with Crippen molar-refractivity contribution in [1.29, 1.82) is 0 Å². The third-order valence-electron chi connectivity index (χ3n) is 3.32. The van der Waals surface area contributed by atoms with Gasteiger partial charge in [-0.3, -0.25) is 4.98 Å². The van der Waals surface area contributed by atoms with Crippen LogP contribution in [0.15, 0.2) is 18.5 Å². The van der Waals surface area contributed by atoms with E-state index in [2.05, 4.69) is 10.3 Å². The summed E-state index contributed by atoms with van der Waals surface area (Å²) in [4.78, 5) is 4.08. The number of ether oxygens (including phenoxy) is 1. The highest BCUT2D eigenvalue weighted by Crippen LogP contribution is 2.25. The summed E-state index contributed by atoms with van der Waals surface area (Å²) in [6.07, 6.45) is 8.89. The first-order chi connectivity index (χ1) is 7.81. The Morgan fingerprint density at radius 2 is 2.19 bits per heavy atom. The van der Waals surface area contributed by atoms with Gasteiger partial charge in [0, 0.05) is 24.0 Å². The molecule has 3 nitrogen and oxygen atoms in total. The number of aromatic nitrogens is 1. The number of hydrogen-bond donors (Lipinski definition) is 1. The lowest BCUT2D eigenvalue weighted by molar-refractivity contribution is 0.117. The molecule has 0 aromatic carbocycles. The molecule has 2 atom stereocenters. The largest absolute Gasteiger partial charge is 0.488 e. The van der Waals surface area contributed by atoms with Crippen LogP contribution in [-0.2, 0) is 0 Å². The van der Waals surface area contributed by atoms with Gasteiger partial charge in [-0.15, -0.1) is 0 Å². The van der Waals surface area contributed by atoms with Crippen LogP contribution in [0.4, 0.5) is 0 Å². The summed E-state index contributed by atoms with van der Waals surface area (Å²) < 4.78 is 6.09. The van der Waals surface area contributed by atoms with E-state index >= 15 is 0 Å². The Bertz CT molecular complexity index is 340. The van der Waals surface area contributed by atoms with Gasteiger partial charge in [-0.1, -0.05) is 6.42 Å². The Morgan fingerprint density at radius 3 is 2.94 bits per heavy atom. The van der Waals surface area contributed by atoms with E-state index in [9.17, 15) is 0 Å². The topological polar surface area (TPSA) is 34.1 Å². The highest BCUT2D eigenvalue weighted by Gasteiger charge is 2.25. The third kappa shape index (κ3) is 2.53. The smallest absolute Gasteiger partial charge is 0.125 e. The van der Waals surface area contributed by atoms with Crippen LogP contribution in [0.1, 0.15) is 31.2 Å². The molecule has 2 unspecified atom stereocenters. The van der Waals surface area contributed by atoms with E-state index in [1.54, 1.807) is 6.20 Å². The minimum Gasteiger partial charge on any atom is -0.488 e. The van der Waals surface area contributed by atoms with E-state index in [0.717, 1.165) is 17.7 Å². The van der Waals surface area contributed by atoms with Crippen LogP contribution < -0.4 is 10.1 Å². The number of hydrogen-bond acceptors (Lipinski definition) is 3. The zero-order valence-electron chi connectivity index (χ0n) is 10.1. The summed E-state index contributed by atoms with van der Waals surface area (Å²) >= 11 is 0. The van der Waals surface area contributed by atoms with Crippen LogP contribution in [0, 0.1) is 6.92 Å². The van der Waals surface area contributed by atoms with Gasteiger partial charge in [0.05, 0.1) is 0 Å². The fourth-order valence-electron chi connectivity index (χ4n) is 2.32. The number of rotatable bonds is 3. The summed E-state index contributed by atoms with van der Waals surface area (Å²) in [7, 11) is 2.02. The van der Waals surface area contributed by atoms with E-state index < -0.39 is 0 Å². The van der Waals surface area contributed by atoms with Crippen LogP contribution in [-0.4, -0.2) is 24.2 Å². The van der Waals surface area contributed by atoms with E-state index in [1.807, 2.05) is 26.2 Å². The average molecular weight is 220 g/mol. The molecule has 88 valence electrons. The molecule has 16 heavy (non-hydrogen) atoms. The molecule has 0 spiro atoms. The van der Waals surface area contributed by atoms with Crippen molar-refractivity contribution in [2.45, 2.75) is 44.8 Å². The Balaban J connectivity index is 2.05. The number of nitrogens with one attached hydrogen (secondary N) is 1. The van der Waals surface area contributed by atoms with Gasteiger partial charge >= 0.3 is 0 Å². The summed E-state index contributed by atoms with van der Waals surface area (Å²) in [5.41, 5.74) is 1.11. The molecule has 1 aromatic heterocycles. The highest BCUT2D eigenvalue weighted by atomic mass is 16.5. The highest BCUT2D eigenvalue weighted by molar-refractivity contribution is 5.28. The molecule has 0 radical (unpaired) electrons. The molecule has 2 rings (SSSR count). The van der Waals surface area contributed by atoms with Crippen molar-refractivity contribution in [1.82, 2.24) is 10.3 Å². The lowest BCUT2D eigenvalue weighted by atomic mass is 9.92. The number of pyridine rings is 1. The predicted octanol–water partition coefficient (Wildman–Crippen LogP) is 2.30. The summed E-state index contributed by atoms with van der Waals surface area (Å²) in [5, 5.41) is 3.35. The Kier molecular flexibility index (Phi) is 3.78. The first-order valence-corrected chi connectivity index (χ1v) is 6.06. The maximum Gasteiger partial charge on any atom is 0.125 e. The fraction of sp³-hybridized carbons (Fsp3) is 0.615. The molecule has 0 saturated heterocycles. The normalized spacial score (nSPS) is 25.4. The predicted molar refractivity (Wildman–Crippen MR) is 64.7 cm³/mol. The SMILES string of the molecule is CNC1CCCCC1Oc1ccncc1C. The van der Waals surface area contributed by atoms with Crippen LogP contribution in [0.2, 0.25) is 0 Å². The summed E-state index contributed by atoms with van der Waals surface area (Å²) in [5.74, 6) is 0.974. The minimum atomic E-state index is 0.305. The molecular formula is C13H20N2O. The Morgan fingerprint density at radius 1 is 1.38 bits per heavy atom. The van der Waals surface area contributed by atoms with Gasteiger partial charge in [-0.25, -0.2) is 0 Å². The molecule has 0 aliphatic heterocycles. The maximum absolute atomic E-state index is 6.09. The van der Waals surface area contributed by atoms with Crippen molar-refractivity contribution < 1.29 is 4.74 Å². The molecule has 1 aromatic rings. The Hall–Kier alpha value is -1.09. The lowest BCUT2D eigenvalue weighted by Crippen LogP contribution is -2.43. The van der Waals surface area contributed by atoms with Gasteiger partial charge < -0.3 is 10.1 Å². The van der Waals surface area contributed by atoms with Crippen molar-refractivity contribution in [3.63, 3.8) is 0 Å². The van der Waals surface area contributed by atoms with Gasteiger partial charge in [-0.2, -0.15) is 0 Å². The summed E-state index contributed by atoms with van der Waals surface area (Å²) in [6.45, 7) is 2.04. The van der Waals surface area contributed by atoms with Crippen LogP contribution >= 0.6 is 0 Å². The second-order valence-electron chi connectivity index (χ2n) is 4.48. The molecule has 1 saturated carbocycles. The van der Waals surface area contributed by atoms with E-state index in [0.29, 0.717) is 12.1 Å². The van der Waals surface area contributed by atoms with E-state index in [1.165, 1.54) is 19.3 Å². The average Bonchev–Trinajstić information content (AvgIpc) is 2.33. The minimum absolute atomic E-state index is 0.305. The molecular weight excluding hydrogens is 200 g/mol. The van der Waals surface area contributed by atoms with Gasteiger partial charge in [0.2, 0.25) is 0 Å². The molecule has 1 fully saturated rings. The fourth-order valence-corrected chi connectivity index (χ4v) is 2.32. The van der Waals surface area contributed by atoms with Crippen LogP contribution in [0.3, 0.4) is 0 Å². The quantitative estimate of drug-likeness (QED) is 0.848. The monoisotopic (exact) mass is 220 g/mol. The molecule has 0 bridgehead atoms. The molecule has 1 heterocycles. The van der Waals surface area contributed by atoms with Crippen molar-refractivity contribution in [3.8, 4) is 5.75 Å². The zero-order valence-corrected chi connectivity index (χ0v) is 10.1. The second kappa shape index (κ2) is 5.30. The van der Waals surface area contributed by atoms with Crippen molar-refractivity contribution in [3.05, 3.63) is 24.0 Å². The van der Waals surface area contributed by atoms with Gasteiger partial charge in [-0.05, 0) is 39.3 Å². The second-order valence-corrected chi connectivity index (χ2v) is 4.48.